The van der Waals surface area contributed by atoms with Gasteiger partial charge in [0.15, 0.2) is 0 Å². The predicted molar refractivity (Wildman–Crippen MR) is 63.1 cm³/mol. The lowest BCUT2D eigenvalue weighted by Crippen LogP contribution is -2.49. The fraction of sp³-hybridized carbons (Fsp3) is 0.900. The molecule has 0 radical (unpaired) electrons. The first-order valence-corrected chi connectivity index (χ1v) is 5.80. The van der Waals surface area contributed by atoms with Gasteiger partial charge in [0.05, 0.1) is 13.2 Å². The third kappa shape index (κ3) is 4.78. The molecule has 1 aliphatic rings. The highest BCUT2D eigenvalue weighted by molar-refractivity contribution is 5.79. The van der Waals surface area contributed by atoms with Crippen LogP contribution in [-0.2, 0) is 9.47 Å². The summed E-state index contributed by atoms with van der Waals surface area (Å²) in [7, 11) is 0. The van der Waals surface area contributed by atoms with Crippen molar-refractivity contribution in [3.8, 4) is 0 Å². The maximum absolute atomic E-state index is 5.45. The molecule has 0 bridgehead atoms. The minimum absolute atomic E-state index is 0.733. The van der Waals surface area contributed by atoms with Crippen molar-refractivity contribution in [1.82, 2.24) is 10.3 Å². The molecular formula is C10H22N4O2. The van der Waals surface area contributed by atoms with Crippen LogP contribution in [0.25, 0.3) is 0 Å². The van der Waals surface area contributed by atoms with Gasteiger partial charge in [0.25, 0.3) is 0 Å². The largest absolute Gasteiger partial charge is 0.382 e. The van der Waals surface area contributed by atoms with Gasteiger partial charge in [-0.25, -0.2) is 5.84 Å². The van der Waals surface area contributed by atoms with Gasteiger partial charge in [-0.1, -0.05) is 0 Å². The number of ether oxygens (including phenoxy) is 2. The zero-order valence-electron chi connectivity index (χ0n) is 9.95. The molecule has 3 N–H and O–H groups in total. The molecule has 0 aliphatic carbocycles. The third-order valence-electron chi connectivity index (χ3n) is 2.35. The van der Waals surface area contributed by atoms with Crippen LogP contribution in [0.4, 0.5) is 0 Å². The van der Waals surface area contributed by atoms with Crippen molar-refractivity contribution in [2.24, 2.45) is 10.8 Å². The minimum atomic E-state index is 0.733. The average Bonchev–Trinajstić information content (AvgIpc) is 2.35. The van der Waals surface area contributed by atoms with E-state index in [-0.39, 0.29) is 0 Å². The van der Waals surface area contributed by atoms with E-state index in [2.05, 4.69) is 15.3 Å². The highest BCUT2D eigenvalue weighted by Crippen LogP contribution is 1.97. The summed E-state index contributed by atoms with van der Waals surface area (Å²) in [5.74, 6) is 6.20. The van der Waals surface area contributed by atoms with Gasteiger partial charge in [-0.2, -0.15) is 0 Å². The first-order chi connectivity index (χ1) is 7.88. The van der Waals surface area contributed by atoms with Gasteiger partial charge < -0.3 is 14.4 Å². The summed E-state index contributed by atoms with van der Waals surface area (Å²) in [4.78, 5) is 6.51. The summed E-state index contributed by atoms with van der Waals surface area (Å²) in [5.41, 5.74) is 2.64. The van der Waals surface area contributed by atoms with E-state index in [1.165, 1.54) is 0 Å². The topological polar surface area (TPSA) is 72.1 Å². The van der Waals surface area contributed by atoms with E-state index in [0.717, 1.165) is 58.4 Å². The second-order valence-corrected chi connectivity index (χ2v) is 3.50. The Hall–Kier alpha value is -0.850. The summed E-state index contributed by atoms with van der Waals surface area (Å²) in [6.07, 6.45) is 0.920. The Balaban J connectivity index is 2.25. The SMILES string of the molecule is CCOCCCN=C(NN)N1CCOCC1. The van der Waals surface area contributed by atoms with Crippen LogP contribution in [0.2, 0.25) is 0 Å². The number of rotatable bonds is 5. The van der Waals surface area contributed by atoms with Crippen LogP contribution in [0.5, 0.6) is 0 Å². The van der Waals surface area contributed by atoms with E-state index in [9.17, 15) is 0 Å². The molecule has 1 rings (SSSR count). The van der Waals surface area contributed by atoms with Gasteiger partial charge in [-0.3, -0.25) is 10.4 Å². The van der Waals surface area contributed by atoms with E-state index in [1.807, 2.05) is 6.92 Å². The number of nitrogens with two attached hydrogens (primary N) is 1. The van der Waals surface area contributed by atoms with Gasteiger partial charge in [-0.15, -0.1) is 0 Å². The molecule has 0 amide bonds. The molecule has 6 heteroatoms. The standard InChI is InChI=1S/C10H22N4O2/c1-2-15-7-3-4-12-10(13-11)14-5-8-16-9-6-14/h2-9,11H2,1H3,(H,12,13). The van der Waals surface area contributed by atoms with Crippen LogP contribution >= 0.6 is 0 Å². The molecule has 0 aromatic rings. The lowest BCUT2D eigenvalue weighted by Gasteiger charge is -2.29. The maximum Gasteiger partial charge on any atom is 0.208 e. The van der Waals surface area contributed by atoms with Crippen LogP contribution in [0.1, 0.15) is 13.3 Å². The molecule has 1 saturated heterocycles. The van der Waals surface area contributed by atoms with Crippen molar-refractivity contribution in [2.45, 2.75) is 13.3 Å². The first-order valence-electron chi connectivity index (χ1n) is 5.80. The highest BCUT2D eigenvalue weighted by atomic mass is 16.5. The molecule has 0 aromatic heterocycles. The molecule has 0 atom stereocenters. The Morgan fingerprint density at radius 3 is 2.88 bits per heavy atom. The van der Waals surface area contributed by atoms with Gasteiger partial charge in [0.2, 0.25) is 5.96 Å². The van der Waals surface area contributed by atoms with Gasteiger partial charge in [-0.05, 0) is 13.3 Å². The Kier molecular flexibility index (Phi) is 6.87. The van der Waals surface area contributed by atoms with Crippen LogP contribution in [0.3, 0.4) is 0 Å². The molecule has 1 fully saturated rings. The Morgan fingerprint density at radius 2 is 2.25 bits per heavy atom. The van der Waals surface area contributed by atoms with Crippen molar-refractivity contribution in [2.75, 3.05) is 46.1 Å². The van der Waals surface area contributed by atoms with Crippen LogP contribution in [0.15, 0.2) is 4.99 Å². The van der Waals surface area contributed by atoms with E-state index in [1.54, 1.807) is 0 Å². The highest BCUT2D eigenvalue weighted by Gasteiger charge is 2.13. The number of guanidine groups is 1. The van der Waals surface area contributed by atoms with Crippen molar-refractivity contribution in [3.05, 3.63) is 0 Å². The molecule has 6 nitrogen and oxygen atoms in total. The number of nitrogens with zero attached hydrogens (tertiary/aromatic N) is 2. The Morgan fingerprint density at radius 1 is 1.50 bits per heavy atom. The van der Waals surface area contributed by atoms with Crippen LogP contribution < -0.4 is 11.3 Å². The normalized spacial score (nSPS) is 17.6. The molecule has 1 aliphatic heterocycles. The molecular weight excluding hydrogens is 208 g/mol. The van der Waals surface area contributed by atoms with Crippen molar-refractivity contribution in [1.29, 1.82) is 0 Å². The van der Waals surface area contributed by atoms with E-state index >= 15 is 0 Å². The summed E-state index contributed by atoms with van der Waals surface area (Å²) in [5, 5.41) is 0. The van der Waals surface area contributed by atoms with Crippen LogP contribution in [-0.4, -0.2) is 56.9 Å². The zero-order chi connectivity index (χ0) is 11.6. The molecule has 16 heavy (non-hydrogen) atoms. The first kappa shape index (κ1) is 13.2. The molecule has 0 unspecified atom stereocenters. The van der Waals surface area contributed by atoms with Gasteiger partial charge in [0.1, 0.15) is 0 Å². The van der Waals surface area contributed by atoms with E-state index < -0.39 is 0 Å². The Bertz CT molecular complexity index is 205. The smallest absolute Gasteiger partial charge is 0.208 e. The van der Waals surface area contributed by atoms with Crippen molar-refractivity contribution < 1.29 is 9.47 Å². The fourth-order valence-corrected chi connectivity index (χ4v) is 1.51. The number of morpholine rings is 1. The number of hydrogen-bond acceptors (Lipinski definition) is 4. The summed E-state index contributed by atoms with van der Waals surface area (Å²) >= 11 is 0. The number of hydrogen-bond donors (Lipinski definition) is 2. The van der Waals surface area contributed by atoms with Crippen LogP contribution in [0, 0.1) is 0 Å². The lowest BCUT2D eigenvalue weighted by atomic mass is 10.4. The minimum Gasteiger partial charge on any atom is -0.382 e. The molecule has 0 spiro atoms. The summed E-state index contributed by atoms with van der Waals surface area (Å²) < 4.78 is 10.5. The number of hydrazine groups is 1. The maximum atomic E-state index is 5.45. The summed E-state index contributed by atoms with van der Waals surface area (Å²) in [6.45, 7) is 7.39. The molecule has 1 heterocycles. The van der Waals surface area contributed by atoms with Gasteiger partial charge >= 0.3 is 0 Å². The second-order valence-electron chi connectivity index (χ2n) is 3.50. The van der Waals surface area contributed by atoms with E-state index in [0.29, 0.717) is 0 Å². The van der Waals surface area contributed by atoms with E-state index in [4.69, 9.17) is 15.3 Å². The number of aliphatic imine (C=N–C) groups is 1. The van der Waals surface area contributed by atoms with Gasteiger partial charge in [0, 0.05) is 32.8 Å². The molecule has 0 saturated carbocycles. The quantitative estimate of drug-likeness (QED) is 0.220. The lowest BCUT2D eigenvalue weighted by molar-refractivity contribution is 0.0664. The monoisotopic (exact) mass is 230 g/mol. The summed E-state index contributed by atoms with van der Waals surface area (Å²) in [6, 6.07) is 0. The second kappa shape index (κ2) is 8.32. The Labute approximate surface area is 96.8 Å². The van der Waals surface area contributed by atoms with Crippen molar-refractivity contribution in [3.63, 3.8) is 0 Å². The van der Waals surface area contributed by atoms with Crippen molar-refractivity contribution >= 4 is 5.96 Å². The number of nitrogens with one attached hydrogen (secondary N) is 1. The fourth-order valence-electron chi connectivity index (χ4n) is 1.51. The zero-order valence-corrected chi connectivity index (χ0v) is 9.95. The molecule has 94 valence electrons. The predicted octanol–water partition coefficient (Wildman–Crippen LogP) is -0.435. The average molecular weight is 230 g/mol. The third-order valence-corrected chi connectivity index (χ3v) is 2.35. The molecule has 0 aromatic carbocycles.